The van der Waals surface area contributed by atoms with Gasteiger partial charge in [0.1, 0.15) is 5.71 Å². The Bertz CT molecular complexity index is 658. The molecule has 7 nitrogen and oxygen atoms in total. The number of benzene rings is 1. The average molecular weight is 345 g/mol. The molecule has 1 aliphatic rings. The zero-order valence-corrected chi connectivity index (χ0v) is 14.5. The average Bonchev–Trinajstić information content (AvgIpc) is 2.63. The van der Waals surface area contributed by atoms with E-state index in [4.69, 9.17) is 4.74 Å². The van der Waals surface area contributed by atoms with E-state index in [0.717, 1.165) is 12.0 Å². The Morgan fingerprint density at radius 2 is 2.00 bits per heavy atom. The zero-order valence-electron chi connectivity index (χ0n) is 14.5. The molecule has 0 saturated carbocycles. The van der Waals surface area contributed by atoms with Crippen LogP contribution in [0.15, 0.2) is 35.4 Å². The van der Waals surface area contributed by atoms with Crippen LogP contribution in [-0.4, -0.2) is 36.1 Å². The second-order valence-electron chi connectivity index (χ2n) is 5.90. The summed E-state index contributed by atoms with van der Waals surface area (Å²) in [6, 6.07) is 9.94. The lowest BCUT2D eigenvalue weighted by molar-refractivity contribution is -0.148. The zero-order chi connectivity index (χ0) is 18.2. The van der Waals surface area contributed by atoms with E-state index in [1.165, 1.54) is 6.92 Å². The van der Waals surface area contributed by atoms with Gasteiger partial charge in [-0.05, 0) is 18.9 Å². The van der Waals surface area contributed by atoms with Crippen LogP contribution in [0, 0.1) is 0 Å². The minimum Gasteiger partial charge on any atom is -0.448 e. The van der Waals surface area contributed by atoms with Gasteiger partial charge in [-0.1, -0.05) is 37.3 Å². The number of nitrogens with zero attached hydrogens (tertiary/aromatic N) is 1. The molecule has 7 heteroatoms. The highest BCUT2D eigenvalue weighted by Crippen LogP contribution is 2.18. The molecule has 0 aromatic heterocycles. The van der Waals surface area contributed by atoms with Crippen LogP contribution in [0.4, 0.5) is 0 Å². The number of esters is 1. The number of ether oxygens (including phenoxy) is 1. The highest BCUT2D eigenvalue weighted by Gasteiger charge is 2.24. The summed E-state index contributed by atoms with van der Waals surface area (Å²) in [6.07, 6.45) is 0.352. The van der Waals surface area contributed by atoms with Crippen LogP contribution < -0.4 is 10.7 Å². The molecule has 1 aromatic carbocycles. The second kappa shape index (κ2) is 8.96. The molecule has 2 atom stereocenters. The molecule has 1 aliphatic heterocycles. The predicted octanol–water partition coefficient (Wildman–Crippen LogP) is 1.49. The van der Waals surface area contributed by atoms with Crippen LogP contribution >= 0.6 is 0 Å². The maximum atomic E-state index is 12.2. The minimum absolute atomic E-state index is 0.120. The first-order valence-electron chi connectivity index (χ1n) is 8.40. The highest BCUT2D eigenvalue weighted by atomic mass is 16.5. The van der Waals surface area contributed by atoms with Gasteiger partial charge in [0.15, 0.2) is 6.10 Å². The minimum atomic E-state index is -0.930. The van der Waals surface area contributed by atoms with Crippen molar-refractivity contribution in [2.75, 3.05) is 6.54 Å². The molecule has 0 unspecified atom stereocenters. The third-order valence-electron chi connectivity index (χ3n) is 4.08. The molecule has 0 radical (unpaired) electrons. The molecule has 1 heterocycles. The smallest absolute Gasteiger partial charge is 0.355 e. The van der Waals surface area contributed by atoms with E-state index in [1.807, 2.05) is 30.3 Å². The maximum absolute atomic E-state index is 12.2. The van der Waals surface area contributed by atoms with E-state index in [9.17, 15) is 14.4 Å². The summed E-state index contributed by atoms with van der Waals surface area (Å²) >= 11 is 0. The van der Waals surface area contributed by atoms with Crippen LogP contribution in [0.1, 0.15) is 44.6 Å². The monoisotopic (exact) mass is 345 g/mol. The number of hydrazone groups is 1. The second-order valence-corrected chi connectivity index (χ2v) is 5.90. The van der Waals surface area contributed by atoms with E-state index >= 15 is 0 Å². The predicted molar refractivity (Wildman–Crippen MR) is 92.8 cm³/mol. The van der Waals surface area contributed by atoms with Crippen LogP contribution in [0.3, 0.4) is 0 Å². The Balaban J connectivity index is 1.83. The molecule has 0 saturated heterocycles. The van der Waals surface area contributed by atoms with E-state index in [1.54, 1.807) is 0 Å². The van der Waals surface area contributed by atoms with Crippen LogP contribution in [0.5, 0.6) is 0 Å². The third kappa shape index (κ3) is 5.41. The number of amides is 2. The normalized spacial score (nSPS) is 16.2. The molecule has 134 valence electrons. The molecule has 2 N–H and O–H groups in total. The lowest BCUT2D eigenvalue weighted by Gasteiger charge is -2.19. The Morgan fingerprint density at radius 1 is 1.28 bits per heavy atom. The van der Waals surface area contributed by atoms with E-state index in [-0.39, 0.29) is 36.3 Å². The maximum Gasteiger partial charge on any atom is 0.355 e. The fourth-order valence-corrected chi connectivity index (χ4v) is 2.49. The molecule has 0 aliphatic carbocycles. The van der Waals surface area contributed by atoms with Crippen molar-refractivity contribution in [3.05, 3.63) is 35.9 Å². The standard InChI is InChI=1S/C18H23N3O4/c1-3-13(14-7-5-4-6-8-14)11-19-17(23)12(2)25-18(24)15-9-10-16(22)21-20-15/h4-8,12-13H,3,9-11H2,1-2H3,(H,19,23)(H,21,22)/t12-,13-/m0/s1. The Hall–Kier alpha value is -2.70. The summed E-state index contributed by atoms with van der Waals surface area (Å²) in [5.41, 5.74) is 3.50. The summed E-state index contributed by atoms with van der Waals surface area (Å²) in [6.45, 7) is 4.04. The number of carbonyl (C=O) groups excluding carboxylic acids is 3. The van der Waals surface area contributed by atoms with E-state index < -0.39 is 12.1 Å². The van der Waals surface area contributed by atoms with E-state index in [0.29, 0.717) is 6.54 Å². The number of hydrogen-bond donors (Lipinski definition) is 2. The summed E-state index contributed by atoms with van der Waals surface area (Å²) in [5.74, 6) is -1.08. The third-order valence-corrected chi connectivity index (χ3v) is 4.08. The first kappa shape index (κ1) is 18.6. The van der Waals surface area contributed by atoms with Crippen molar-refractivity contribution in [1.82, 2.24) is 10.7 Å². The van der Waals surface area contributed by atoms with Crippen molar-refractivity contribution < 1.29 is 19.1 Å². The molecule has 2 rings (SSSR count). The molecular formula is C18H23N3O4. The van der Waals surface area contributed by atoms with Crippen molar-refractivity contribution >= 4 is 23.5 Å². The summed E-state index contributed by atoms with van der Waals surface area (Å²) in [4.78, 5) is 35.1. The first-order valence-corrected chi connectivity index (χ1v) is 8.40. The number of hydrogen-bond acceptors (Lipinski definition) is 5. The molecular weight excluding hydrogens is 322 g/mol. The number of nitrogens with one attached hydrogen (secondary N) is 2. The topological polar surface area (TPSA) is 96.9 Å². The van der Waals surface area contributed by atoms with Gasteiger partial charge in [-0.3, -0.25) is 9.59 Å². The van der Waals surface area contributed by atoms with Gasteiger partial charge < -0.3 is 10.1 Å². The van der Waals surface area contributed by atoms with Crippen LogP contribution in [0.2, 0.25) is 0 Å². The lowest BCUT2D eigenvalue weighted by atomic mass is 9.96. The van der Waals surface area contributed by atoms with Crippen molar-refractivity contribution in [3.8, 4) is 0 Å². The summed E-state index contributed by atoms with van der Waals surface area (Å²) < 4.78 is 5.13. The lowest BCUT2D eigenvalue weighted by Crippen LogP contribution is -2.40. The Morgan fingerprint density at radius 3 is 2.60 bits per heavy atom. The summed E-state index contributed by atoms with van der Waals surface area (Å²) in [7, 11) is 0. The number of rotatable bonds is 7. The van der Waals surface area contributed by atoms with Gasteiger partial charge in [0.05, 0.1) is 0 Å². The van der Waals surface area contributed by atoms with Gasteiger partial charge in [-0.15, -0.1) is 0 Å². The Labute approximate surface area is 146 Å². The quantitative estimate of drug-likeness (QED) is 0.732. The number of carbonyl (C=O) groups is 3. The van der Waals surface area contributed by atoms with Crippen molar-refractivity contribution in [2.24, 2.45) is 5.10 Å². The van der Waals surface area contributed by atoms with Gasteiger partial charge in [0.2, 0.25) is 5.91 Å². The van der Waals surface area contributed by atoms with Gasteiger partial charge in [-0.2, -0.15) is 5.10 Å². The molecule has 0 spiro atoms. The molecule has 1 aromatic rings. The SMILES string of the molecule is CC[C@@H](CNC(=O)[C@H](C)OC(=O)C1=NNC(=O)CC1)c1ccccc1. The van der Waals surface area contributed by atoms with Crippen molar-refractivity contribution in [1.29, 1.82) is 0 Å². The van der Waals surface area contributed by atoms with Gasteiger partial charge in [0.25, 0.3) is 5.91 Å². The van der Waals surface area contributed by atoms with Gasteiger partial charge in [0, 0.05) is 25.3 Å². The molecule has 2 amide bonds. The first-order chi connectivity index (χ1) is 12.0. The molecule has 25 heavy (non-hydrogen) atoms. The van der Waals surface area contributed by atoms with Crippen molar-refractivity contribution in [3.63, 3.8) is 0 Å². The molecule has 0 bridgehead atoms. The van der Waals surface area contributed by atoms with Gasteiger partial charge in [-0.25, -0.2) is 10.2 Å². The van der Waals surface area contributed by atoms with Crippen molar-refractivity contribution in [2.45, 2.75) is 45.1 Å². The fraction of sp³-hybridized carbons (Fsp3) is 0.444. The van der Waals surface area contributed by atoms with Gasteiger partial charge >= 0.3 is 5.97 Å². The van der Waals surface area contributed by atoms with Crippen LogP contribution in [0.25, 0.3) is 0 Å². The van der Waals surface area contributed by atoms with E-state index in [2.05, 4.69) is 22.8 Å². The molecule has 0 fully saturated rings. The summed E-state index contributed by atoms with van der Waals surface area (Å²) in [5, 5.41) is 6.48. The Kier molecular flexibility index (Phi) is 6.68. The fourth-order valence-electron chi connectivity index (χ4n) is 2.49. The van der Waals surface area contributed by atoms with Crippen LogP contribution in [-0.2, 0) is 19.1 Å². The largest absolute Gasteiger partial charge is 0.448 e. The highest BCUT2D eigenvalue weighted by molar-refractivity contribution is 6.37.